The standard InChI is InChI=1S/C19H24N2O4S2/c1-3-4-5-6-9-20-16(23)11-25-19(24)17-14(15-8-7-10-26-15)12-27-18(17)21-13(2)22/h7-8,10,12H,3-6,9,11H2,1-2H3,(H,20,23)(H,21,22). The lowest BCUT2D eigenvalue weighted by Gasteiger charge is -2.09. The molecular weight excluding hydrogens is 384 g/mol. The van der Waals surface area contributed by atoms with Crippen molar-refractivity contribution in [2.24, 2.45) is 0 Å². The van der Waals surface area contributed by atoms with Crippen LogP contribution in [0.2, 0.25) is 0 Å². The van der Waals surface area contributed by atoms with Gasteiger partial charge in [0, 0.05) is 29.3 Å². The van der Waals surface area contributed by atoms with Gasteiger partial charge in [0.25, 0.3) is 5.91 Å². The van der Waals surface area contributed by atoms with Crippen LogP contribution in [0.5, 0.6) is 0 Å². The molecule has 6 nitrogen and oxygen atoms in total. The van der Waals surface area contributed by atoms with Gasteiger partial charge < -0.3 is 15.4 Å². The van der Waals surface area contributed by atoms with Crippen molar-refractivity contribution in [3.63, 3.8) is 0 Å². The van der Waals surface area contributed by atoms with Gasteiger partial charge in [0.15, 0.2) is 6.61 Å². The number of ether oxygens (including phenoxy) is 1. The summed E-state index contributed by atoms with van der Waals surface area (Å²) >= 11 is 2.75. The van der Waals surface area contributed by atoms with Gasteiger partial charge in [-0.2, -0.15) is 0 Å². The first-order valence-electron chi connectivity index (χ1n) is 8.89. The number of nitrogens with one attached hydrogen (secondary N) is 2. The van der Waals surface area contributed by atoms with Crippen LogP contribution in [0, 0.1) is 0 Å². The summed E-state index contributed by atoms with van der Waals surface area (Å²) in [6, 6.07) is 3.78. The second-order valence-corrected chi connectivity index (χ2v) is 7.83. The van der Waals surface area contributed by atoms with Crippen molar-refractivity contribution in [3.05, 3.63) is 28.5 Å². The molecule has 0 saturated carbocycles. The van der Waals surface area contributed by atoms with E-state index < -0.39 is 5.97 Å². The van der Waals surface area contributed by atoms with Crippen LogP contribution in [-0.4, -0.2) is 30.9 Å². The minimum Gasteiger partial charge on any atom is -0.452 e. The Morgan fingerprint density at radius 1 is 1.15 bits per heavy atom. The highest BCUT2D eigenvalue weighted by Crippen LogP contribution is 2.38. The third kappa shape index (κ3) is 6.48. The molecule has 2 aromatic rings. The first-order chi connectivity index (χ1) is 13.0. The van der Waals surface area contributed by atoms with Crippen LogP contribution in [0.25, 0.3) is 10.4 Å². The van der Waals surface area contributed by atoms with Crippen molar-refractivity contribution in [3.8, 4) is 10.4 Å². The van der Waals surface area contributed by atoms with E-state index >= 15 is 0 Å². The number of amides is 2. The molecule has 8 heteroatoms. The summed E-state index contributed by atoms with van der Waals surface area (Å²) in [5, 5.41) is 9.55. The molecule has 27 heavy (non-hydrogen) atoms. The van der Waals surface area contributed by atoms with Gasteiger partial charge in [-0.1, -0.05) is 32.3 Å². The fraction of sp³-hybridized carbons (Fsp3) is 0.421. The minimum absolute atomic E-state index is 0.270. The van der Waals surface area contributed by atoms with E-state index in [4.69, 9.17) is 4.74 Å². The Kier molecular flexibility index (Phi) is 8.47. The first kappa shape index (κ1) is 21.1. The summed E-state index contributed by atoms with van der Waals surface area (Å²) in [6.07, 6.45) is 4.25. The second-order valence-electron chi connectivity index (χ2n) is 6.00. The number of carbonyl (C=O) groups is 3. The Labute approximate surface area is 166 Å². The Hall–Kier alpha value is -2.19. The zero-order chi connectivity index (χ0) is 19.6. The third-order valence-electron chi connectivity index (χ3n) is 3.76. The van der Waals surface area contributed by atoms with E-state index in [0.717, 1.165) is 30.6 Å². The fourth-order valence-electron chi connectivity index (χ4n) is 2.46. The molecule has 2 aromatic heterocycles. The van der Waals surface area contributed by atoms with Crippen LogP contribution in [0.1, 0.15) is 49.9 Å². The van der Waals surface area contributed by atoms with Gasteiger partial charge in [-0.25, -0.2) is 4.79 Å². The summed E-state index contributed by atoms with van der Waals surface area (Å²) in [5.41, 5.74) is 0.983. The Bertz CT molecular complexity index is 769. The Balaban J connectivity index is 1.99. The van der Waals surface area contributed by atoms with E-state index in [1.54, 1.807) is 0 Å². The van der Waals surface area contributed by atoms with Crippen LogP contribution >= 0.6 is 22.7 Å². The van der Waals surface area contributed by atoms with E-state index in [9.17, 15) is 14.4 Å². The second kappa shape index (κ2) is 10.8. The van der Waals surface area contributed by atoms with Crippen molar-refractivity contribution < 1.29 is 19.1 Å². The smallest absolute Gasteiger partial charge is 0.342 e. The summed E-state index contributed by atoms with van der Waals surface area (Å²) in [4.78, 5) is 36.8. The van der Waals surface area contributed by atoms with Crippen molar-refractivity contribution in [2.45, 2.75) is 39.5 Å². The fourth-order valence-corrected chi connectivity index (χ4v) is 4.28. The SMILES string of the molecule is CCCCCCNC(=O)COC(=O)c1c(-c2cccs2)csc1NC(C)=O. The molecular formula is C19H24N2O4S2. The molecule has 2 heterocycles. The van der Waals surface area contributed by atoms with Crippen molar-refractivity contribution in [2.75, 3.05) is 18.5 Å². The molecule has 0 radical (unpaired) electrons. The first-order valence-corrected chi connectivity index (χ1v) is 10.7. The van der Waals surface area contributed by atoms with Gasteiger partial charge in [-0.3, -0.25) is 9.59 Å². The third-order valence-corrected chi connectivity index (χ3v) is 5.56. The van der Waals surface area contributed by atoms with E-state index in [-0.39, 0.29) is 24.0 Å². The molecule has 2 rings (SSSR count). The number of hydrogen-bond donors (Lipinski definition) is 2. The largest absolute Gasteiger partial charge is 0.452 e. The van der Waals surface area contributed by atoms with E-state index in [2.05, 4.69) is 17.6 Å². The molecule has 0 spiro atoms. The van der Waals surface area contributed by atoms with E-state index in [1.165, 1.54) is 29.6 Å². The monoisotopic (exact) mass is 408 g/mol. The van der Waals surface area contributed by atoms with Gasteiger partial charge >= 0.3 is 5.97 Å². The predicted octanol–water partition coefficient (Wildman–Crippen LogP) is 4.29. The highest BCUT2D eigenvalue weighted by molar-refractivity contribution is 7.17. The molecule has 0 aliphatic carbocycles. The average molecular weight is 409 g/mol. The van der Waals surface area contributed by atoms with Crippen LogP contribution < -0.4 is 10.6 Å². The lowest BCUT2D eigenvalue weighted by molar-refractivity contribution is -0.124. The lowest BCUT2D eigenvalue weighted by atomic mass is 10.1. The van der Waals surface area contributed by atoms with Crippen LogP contribution in [-0.2, 0) is 14.3 Å². The number of hydrogen-bond acceptors (Lipinski definition) is 6. The molecule has 0 saturated heterocycles. The molecule has 0 aromatic carbocycles. The van der Waals surface area contributed by atoms with E-state index in [0.29, 0.717) is 17.1 Å². The van der Waals surface area contributed by atoms with Gasteiger partial charge in [0.05, 0.1) is 0 Å². The number of rotatable bonds is 10. The van der Waals surface area contributed by atoms with Gasteiger partial charge in [0.2, 0.25) is 5.91 Å². The highest BCUT2D eigenvalue weighted by Gasteiger charge is 2.23. The van der Waals surface area contributed by atoms with Gasteiger partial charge in [-0.15, -0.1) is 22.7 Å². The Morgan fingerprint density at radius 3 is 2.63 bits per heavy atom. The Morgan fingerprint density at radius 2 is 1.96 bits per heavy atom. The topological polar surface area (TPSA) is 84.5 Å². The van der Waals surface area contributed by atoms with Crippen LogP contribution in [0.3, 0.4) is 0 Å². The van der Waals surface area contributed by atoms with E-state index in [1.807, 2.05) is 22.9 Å². The maximum Gasteiger partial charge on any atom is 0.342 e. The van der Waals surface area contributed by atoms with Crippen molar-refractivity contribution in [1.82, 2.24) is 5.32 Å². The predicted molar refractivity (Wildman–Crippen MR) is 109 cm³/mol. The molecule has 0 fully saturated rings. The van der Waals surface area contributed by atoms with Gasteiger partial charge in [0.1, 0.15) is 10.6 Å². The quantitative estimate of drug-likeness (QED) is 0.454. The number of carbonyl (C=O) groups excluding carboxylic acids is 3. The molecule has 2 N–H and O–H groups in total. The maximum absolute atomic E-state index is 12.6. The molecule has 146 valence electrons. The number of thiophene rings is 2. The van der Waals surface area contributed by atoms with Crippen molar-refractivity contribution >= 4 is 45.5 Å². The number of anilines is 1. The summed E-state index contributed by atoms with van der Waals surface area (Å²) < 4.78 is 5.20. The molecule has 0 atom stereocenters. The van der Waals surface area contributed by atoms with Crippen LogP contribution in [0.15, 0.2) is 22.9 Å². The molecule has 2 amide bonds. The summed E-state index contributed by atoms with van der Waals surface area (Å²) in [6.45, 7) is 3.74. The van der Waals surface area contributed by atoms with Gasteiger partial charge in [-0.05, 0) is 17.9 Å². The number of esters is 1. The minimum atomic E-state index is -0.621. The lowest BCUT2D eigenvalue weighted by Crippen LogP contribution is -2.29. The normalized spacial score (nSPS) is 10.4. The summed E-state index contributed by atoms with van der Waals surface area (Å²) in [7, 11) is 0. The molecule has 0 aliphatic heterocycles. The average Bonchev–Trinajstić information content (AvgIpc) is 3.28. The van der Waals surface area contributed by atoms with Crippen molar-refractivity contribution in [1.29, 1.82) is 0 Å². The maximum atomic E-state index is 12.6. The zero-order valence-electron chi connectivity index (χ0n) is 15.5. The highest BCUT2D eigenvalue weighted by atomic mass is 32.1. The number of unbranched alkanes of at least 4 members (excludes halogenated alkanes) is 3. The molecule has 0 unspecified atom stereocenters. The zero-order valence-corrected chi connectivity index (χ0v) is 17.1. The van der Waals surface area contributed by atoms with Crippen LogP contribution in [0.4, 0.5) is 5.00 Å². The summed E-state index contributed by atoms with van der Waals surface area (Å²) in [5.74, 6) is -1.22. The molecule has 0 bridgehead atoms. The molecule has 0 aliphatic rings.